The minimum Gasteiger partial charge on any atom is -0.352 e. The molecule has 0 unspecified atom stereocenters. The van der Waals surface area contributed by atoms with Gasteiger partial charge in [0.2, 0.25) is 0 Å². The molecular weight excluding hydrogens is 355 g/mol. The molecule has 2 N–H and O–H groups in total. The Bertz CT molecular complexity index is 1160. The lowest BCUT2D eigenvalue weighted by Crippen LogP contribution is -2.26. The molecule has 142 valence electrons. The molecule has 1 saturated heterocycles. The highest BCUT2D eigenvalue weighted by Crippen LogP contribution is 2.30. The van der Waals surface area contributed by atoms with Gasteiger partial charge in [-0.3, -0.25) is 0 Å². The van der Waals surface area contributed by atoms with Crippen molar-refractivity contribution in [3.63, 3.8) is 0 Å². The van der Waals surface area contributed by atoms with Crippen LogP contribution in [-0.4, -0.2) is 32.7 Å². The number of imidazole rings is 1. The molecule has 4 heterocycles. The summed E-state index contributed by atoms with van der Waals surface area (Å²) in [5.41, 5.74) is 4.70. The fourth-order valence-electron chi connectivity index (χ4n) is 3.99. The number of aromatic nitrogens is 4. The molecule has 0 saturated carbocycles. The van der Waals surface area contributed by atoms with Gasteiger partial charge < -0.3 is 15.0 Å². The van der Waals surface area contributed by atoms with Crippen molar-refractivity contribution in [2.24, 2.45) is 0 Å². The highest BCUT2D eigenvalue weighted by atomic mass is 19.1. The van der Waals surface area contributed by atoms with E-state index in [0.717, 1.165) is 48.2 Å². The van der Waals surface area contributed by atoms with Gasteiger partial charge in [-0.1, -0.05) is 12.1 Å². The van der Waals surface area contributed by atoms with E-state index >= 15 is 0 Å². The molecule has 3 aromatic heterocycles. The number of nitrogens with one attached hydrogen (secondary N) is 2. The van der Waals surface area contributed by atoms with Gasteiger partial charge in [-0.15, -0.1) is 0 Å². The topological polar surface area (TPSA) is 67.1 Å². The zero-order chi connectivity index (χ0) is 19.1. The molecule has 5 rings (SSSR count). The Morgan fingerprint density at radius 1 is 1.18 bits per heavy atom. The number of halogens is 1. The van der Waals surface area contributed by atoms with Crippen LogP contribution in [0.1, 0.15) is 30.0 Å². The van der Waals surface area contributed by atoms with Gasteiger partial charge in [0.15, 0.2) is 11.5 Å². The zero-order valence-electron chi connectivity index (χ0n) is 15.6. The summed E-state index contributed by atoms with van der Waals surface area (Å²) < 4.78 is 16.1. The van der Waals surface area contributed by atoms with Crippen molar-refractivity contribution in [2.75, 3.05) is 18.4 Å². The number of hydrogen-bond acceptors (Lipinski definition) is 5. The maximum absolute atomic E-state index is 14.4. The number of anilines is 2. The highest BCUT2D eigenvalue weighted by molar-refractivity contribution is 5.92. The van der Waals surface area contributed by atoms with Gasteiger partial charge in [0.1, 0.15) is 0 Å². The number of nitrogens with zero attached hydrogens (tertiary/aromatic N) is 4. The van der Waals surface area contributed by atoms with E-state index in [2.05, 4.69) is 44.0 Å². The van der Waals surface area contributed by atoms with Gasteiger partial charge in [0, 0.05) is 23.8 Å². The number of fused-ring (bicyclic) bond motifs is 2. The van der Waals surface area contributed by atoms with Crippen LogP contribution in [0, 0.1) is 12.7 Å². The third-order valence-electron chi connectivity index (χ3n) is 5.38. The van der Waals surface area contributed by atoms with Crippen molar-refractivity contribution in [1.29, 1.82) is 0 Å². The Morgan fingerprint density at radius 3 is 2.89 bits per heavy atom. The summed E-state index contributed by atoms with van der Waals surface area (Å²) in [5, 5.41) is 16.1. The first-order chi connectivity index (χ1) is 13.7. The number of aryl methyl sites for hydroxylation is 1. The van der Waals surface area contributed by atoms with Gasteiger partial charge in [-0.05, 0) is 50.4 Å². The van der Waals surface area contributed by atoms with Crippen LogP contribution in [0.5, 0.6) is 0 Å². The molecule has 0 aliphatic carbocycles. The van der Waals surface area contributed by atoms with Crippen molar-refractivity contribution in [1.82, 2.24) is 24.9 Å². The van der Waals surface area contributed by atoms with E-state index in [1.807, 2.05) is 13.1 Å². The monoisotopic (exact) mass is 376 g/mol. The van der Waals surface area contributed by atoms with Crippen molar-refractivity contribution < 1.29 is 4.39 Å². The smallest absolute Gasteiger partial charge is 0.173 e. The Labute approximate surface area is 161 Å². The molecule has 0 atom stereocenters. The van der Waals surface area contributed by atoms with E-state index in [0.29, 0.717) is 17.3 Å². The molecule has 1 fully saturated rings. The third kappa shape index (κ3) is 3.07. The van der Waals surface area contributed by atoms with Crippen LogP contribution < -0.4 is 10.6 Å². The minimum atomic E-state index is -0.363. The lowest BCUT2D eigenvalue weighted by molar-refractivity contribution is 0.460. The normalized spacial score (nSPS) is 15.4. The molecule has 1 aliphatic rings. The van der Waals surface area contributed by atoms with Crippen LogP contribution in [0.2, 0.25) is 0 Å². The molecule has 1 aliphatic heterocycles. The second-order valence-corrected chi connectivity index (χ2v) is 7.37. The predicted molar refractivity (Wildman–Crippen MR) is 108 cm³/mol. The van der Waals surface area contributed by atoms with Crippen molar-refractivity contribution in [2.45, 2.75) is 25.7 Å². The minimum absolute atomic E-state index is 0.326. The molecule has 0 radical (unpaired) electrons. The summed E-state index contributed by atoms with van der Waals surface area (Å²) in [4.78, 5) is 4.20. The lowest BCUT2D eigenvalue weighted by atomic mass is 9.89. The number of pyridine rings is 1. The van der Waals surface area contributed by atoms with E-state index in [-0.39, 0.29) is 5.82 Å². The second kappa shape index (κ2) is 6.83. The van der Waals surface area contributed by atoms with Gasteiger partial charge in [-0.2, -0.15) is 10.2 Å². The summed E-state index contributed by atoms with van der Waals surface area (Å²) in [6, 6.07) is 7.85. The lowest BCUT2D eigenvalue weighted by Gasteiger charge is -2.23. The van der Waals surface area contributed by atoms with Gasteiger partial charge in [0.25, 0.3) is 0 Å². The van der Waals surface area contributed by atoms with E-state index in [9.17, 15) is 4.39 Å². The first-order valence-corrected chi connectivity index (χ1v) is 9.55. The number of benzene rings is 1. The van der Waals surface area contributed by atoms with Crippen LogP contribution in [0.25, 0.3) is 16.6 Å². The summed E-state index contributed by atoms with van der Waals surface area (Å²) in [6.45, 7) is 3.95. The Kier molecular flexibility index (Phi) is 4.16. The molecule has 0 spiro atoms. The standard InChI is InChI=1S/C21H21FN6/c1-13-11-28-12-16(9-18(22)21(28)25-13)26-20-10-24-27-19-8-15(2-3-17(19)20)14-4-6-23-7-5-14/h2-3,8-12,14,23H,4-7H2,1H3,(H,26,27). The molecule has 0 bridgehead atoms. The van der Waals surface area contributed by atoms with E-state index in [1.54, 1.807) is 16.8 Å². The molecule has 28 heavy (non-hydrogen) atoms. The van der Waals surface area contributed by atoms with Gasteiger partial charge in [0.05, 0.1) is 28.8 Å². The summed E-state index contributed by atoms with van der Waals surface area (Å²) in [7, 11) is 0. The maximum atomic E-state index is 14.4. The molecular formula is C21H21FN6. The SMILES string of the molecule is Cc1cn2cc(Nc3cnnc4cc(C5CCNCC5)ccc34)cc(F)c2n1. The average molecular weight is 376 g/mol. The van der Waals surface area contributed by atoms with Crippen molar-refractivity contribution in [3.05, 3.63) is 59.9 Å². The zero-order valence-corrected chi connectivity index (χ0v) is 15.6. The molecule has 7 heteroatoms. The largest absolute Gasteiger partial charge is 0.352 e. The quantitative estimate of drug-likeness (QED) is 0.567. The van der Waals surface area contributed by atoms with Gasteiger partial charge in [-0.25, -0.2) is 9.37 Å². The van der Waals surface area contributed by atoms with Crippen LogP contribution >= 0.6 is 0 Å². The first-order valence-electron chi connectivity index (χ1n) is 9.55. The fourth-order valence-corrected chi connectivity index (χ4v) is 3.99. The summed E-state index contributed by atoms with van der Waals surface area (Å²) >= 11 is 0. The third-order valence-corrected chi connectivity index (χ3v) is 5.38. The second-order valence-electron chi connectivity index (χ2n) is 7.37. The van der Waals surface area contributed by atoms with Gasteiger partial charge >= 0.3 is 0 Å². The highest BCUT2D eigenvalue weighted by Gasteiger charge is 2.16. The fraction of sp³-hybridized carbons (Fsp3) is 0.286. The van der Waals surface area contributed by atoms with Crippen LogP contribution in [0.4, 0.5) is 15.8 Å². The predicted octanol–water partition coefficient (Wildman–Crippen LogP) is 3.94. The molecule has 1 aromatic carbocycles. The summed E-state index contributed by atoms with van der Waals surface area (Å²) in [5.74, 6) is 0.197. The van der Waals surface area contributed by atoms with Crippen LogP contribution in [0.3, 0.4) is 0 Å². The van der Waals surface area contributed by atoms with E-state index in [4.69, 9.17) is 0 Å². The summed E-state index contributed by atoms with van der Waals surface area (Å²) in [6.07, 6.45) is 7.58. The Morgan fingerprint density at radius 2 is 2.04 bits per heavy atom. The number of rotatable bonds is 3. The van der Waals surface area contributed by atoms with Crippen molar-refractivity contribution >= 4 is 27.9 Å². The Hall–Kier alpha value is -3.06. The molecule has 0 amide bonds. The Balaban J connectivity index is 1.50. The van der Waals surface area contributed by atoms with E-state index < -0.39 is 0 Å². The average Bonchev–Trinajstić information content (AvgIpc) is 3.09. The van der Waals surface area contributed by atoms with Crippen LogP contribution in [0.15, 0.2) is 42.9 Å². The molecule has 6 nitrogen and oxygen atoms in total. The number of piperidine rings is 1. The van der Waals surface area contributed by atoms with Crippen LogP contribution in [-0.2, 0) is 0 Å². The number of hydrogen-bond donors (Lipinski definition) is 2. The first kappa shape index (κ1) is 17.1. The van der Waals surface area contributed by atoms with Crippen molar-refractivity contribution in [3.8, 4) is 0 Å². The maximum Gasteiger partial charge on any atom is 0.173 e. The molecule has 4 aromatic rings. The van der Waals surface area contributed by atoms with E-state index in [1.165, 1.54) is 11.6 Å².